The zero-order valence-electron chi connectivity index (χ0n) is 20.9. The SMILES string of the molecule is CCCCCc1cc(-c2cccc(N)c2)cc2c1C[C@@]1(OC2)[C@H](O)CO[C@@H](n2ccc(=O)[nH]c2=O)[C@@H]1O. The lowest BCUT2D eigenvalue weighted by Gasteiger charge is -2.50. The molecule has 9 heteroatoms. The average Bonchev–Trinajstić information content (AvgIpc) is 2.88. The number of aromatic amines is 1. The fourth-order valence-corrected chi connectivity index (χ4v) is 5.49. The van der Waals surface area contributed by atoms with Gasteiger partial charge in [-0.1, -0.05) is 38.0 Å². The fourth-order valence-electron chi connectivity index (χ4n) is 5.49. The van der Waals surface area contributed by atoms with Crippen molar-refractivity contribution in [2.75, 3.05) is 12.3 Å². The van der Waals surface area contributed by atoms with Gasteiger partial charge in [0.05, 0.1) is 13.2 Å². The predicted molar refractivity (Wildman–Crippen MR) is 139 cm³/mol. The van der Waals surface area contributed by atoms with Gasteiger partial charge >= 0.3 is 5.69 Å². The second kappa shape index (κ2) is 10.3. The molecule has 5 N–H and O–H groups in total. The number of nitrogen functional groups attached to an aromatic ring is 1. The summed E-state index contributed by atoms with van der Waals surface area (Å²) in [5.41, 5.74) is 9.36. The lowest BCUT2D eigenvalue weighted by Crippen LogP contribution is -2.65. The summed E-state index contributed by atoms with van der Waals surface area (Å²) in [6, 6.07) is 13.2. The number of fused-ring (bicyclic) bond motifs is 1. The van der Waals surface area contributed by atoms with Crippen molar-refractivity contribution in [2.24, 2.45) is 0 Å². The molecule has 1 fully saturated rings. The van der Waals surface area contributed by atoms with Crippen LogP contribution in [0.4, 0.5) is 5.69 Å². The van der Waals surface area contributed by atoms with Crippen LogP contribution in [0.15, 0.2) is 58.3 Å². The van der Waals surface area contributed by atoms with Gasteiger partial charge in [-0.2, -0.15) is 0 Å². The summed E-state index contributed by atoms with van der Waals surface area (Å²) in [5, 5.41) is 22.5. The summed E-state index contributed by atoms with van der Waals surface area (Å²) in [4.78, 5) is 26.2. The molecular weight excluding hydrogens is 474 g/mol. The molecule has 5 rings (SSSR count). The smallest absolute Gasteiger partial charge is 0.330 e. The summed E-state index contributed by atoms with van der Waals surface area (Å²) in [6.45, 7) is 2.22. The van der Waals surface area contributed by atoms with Crippen molar-refractivity contribution >= 4 is 5.69 Å². The van der Waals surface area contributed by atoms with E-state index in [1.807, 2.05) is 24.3 Å². The maximum Gasteiger partial charge on any atom is 0.330 e. The van der Waals surface area contributed by atoms with Crippen LogP contribution in [0, 0.1) is 0 Å². The Labute approximate surface area is 214 Å². The van der Waals surface area contributed by atoms with Crippen LogP contribution in [-0.2, 0) is 28.9 Å². The van der Waals surface area contributed by atoms with Gasteiger partial charge in [0.1, 0.15) is 17.8 Å². The topological polar surface area (TPSA) is 140 Å². The first-order valence-electron chi connectivity index (χ1n) is 12.8. The van der Waals surface area contributed by atoms with Crippen LogP contribution in [0.25, 0.3) is 11.1 Å². The van der Waals surface area contributed by atoms with E-state index < -0.39 is 35.3 Å². The standard InChI is InChI=1S/C28H33N3O6/c1-2-3-4-6-18-11-19(17-7-5-8-21(29)13-17)12-20-15-37-28(14-22(18)20)23(32)16-36-26(25(28)34)31-10-9-24(33)30-27(31)35/h5,7-13,23,25-26,32,34H,2-4,6,14-16,29H2,1H3,(H,30,33,35)/t23-,25+,26-,28-/m1/s1. The molecule has 0 amide bonds. The Balaban J connectivity index is 1.54. The van der Waals surface area contributed by atoms with Crippen LogP contribution in [0.1, 0.15) is 49.1 Å². The molecule has 0 radical (unpaired) electrons. The Bertz CT molecular complexity index is 1400. The molecule has 1 aromatic heterocycles. The number of hydrogen-bond donors (Lipinski definition) is 4. The van der Waals surface area contributed by atoms with Crippen LogP contribution in [-0.4, -0.2) is 44.2 Å². The minimum Gasteiger partial charge on any atom is -0.399 e. The van der Waals surface area contributed by atoms with Gasteiger partial charge in [-0.05, 0) is 58.9 Å². The number of ether oxygens (including phenoxy) is 2. The molecule has 3 heterocycles. The van der Waals surface area contributed by atoms with E-state index in [0.717, 1.165) is 58.1 Å². The van der Waals surface area contributed by atoms with Gasteiger partial charge < -0.3 is 25.4 Å². The normalized spacial score (nSPS) is 25.2. The Morgan fingerprint density at radius 3 is 2.73 bits per heavy atom. The Morgan fingerprint density at radius 1 is 1.14 bits per heavy atom. The summed E-state index contributed by atoms with van der Waals surface area (Å²) in [5.74, 6) is 0. The third-order valence-corrected chi connectivity index (χ3v) is 7.54. The lowest BCUT2D eigenvalue weighted by molar-refractivity contribution is -0.284. The molecule has 37 heavy (non-hydrogen) atoms. The summed E-state index contributed by atoms with van der Waals surface area (Å²) < 4.78 is 13.1. The van der Waals surface area contributed by atoms with E-state index in [4.69, 9.17) is 15.2 Å². The predicted octanol–water partition coefficient (Wildman–Crippen LogP) is 2.28. The highest BCUT2D eigenvalue weighted by molar-refractivity contribution is 5.69. The first-order valence-corrected chi connectivity index (χ1v) is 12.8. The van der Waals surface area contributed by atoms with E-state index >= 15 is 0 Å². The number of aliphatic hydroxyl groups is 2. The summed E-state index contributed by atoms with van der Waals surface area (Å²) in [7, 11) is 0. The third-order valence-electron chi connectivity index (χ3n) is 7.54. The van der Waals surface area contributed by atoms with Gasteiger partial charge in [-0.25, -0.2) is 4.79 Å². The van der Waals surface area contributed by atoms with E-state index in [2.05, 4.69) is 24.0 Å². The Kier molecular flexibility index (Phi) is 7.04. The molecule has 9 nitrogen and oxygen atoms in total. The second-order valence-corrected chi connectivity index (χ2v) is 9.98. The van der Waals surface area contributed by atoms with E-state index in [9.17, 15) is 19.8 Å². The zero-order valence-corrected chi connectivity index (χ0v) is 20.9. The van der Waals surface area contributed by atoms with Crippen molar-refractivity contribution in [2.45, 2.75) is 69.7 Å². The molecule has 2 aliphatic rings. The number of aliphatic hydroxyl groups excluding tert-OH is 2. The number of anilines is 1. The highest BCUT2D eigenvalue weighted by Crippen LogP contribution is 2.43. The highest BCUT2D eigenvalue weighted by atomic mass is 16.6. The van der Waals surface area contributed by atoms with E-state index in [1.54, 1.807) is 0 Å². The maximum atomic E-state index is 12.4. The minimum absolute atomic E-state index is 0.130. The van der Waals surface area contributed by atoms with Crippen LogP contribution >= 0.6 is 0 Å². The highest BCUT2D eigenvalue weighted by Gasteiger charge is 2.55. The van der Waals surface area contributed by atoms with Crippen molar-refractivity contribution in [3.8, 4) is 11.1 Å². The molecular formula is C28H33N3O6. The number of aryl methyl sites for hydroxylation is 1. The van der Waals surface area contributed by atoms with Gasteiger partial charge in [-0.3, -0.25) is 14.3 Å². The number of benzene rings is 2. The number of hydrogen-bond acceptors (Lipinski definition) is 7. The molecule has 0 bridgehead atoms. The van der Waals surface area contributed by atoms with Gasteiger partial charge in [0, 0.05) is 24.4 Å². The number of unbranched alkanes of at least 4 members (excludes halogenated alkanes) is 2. The number of nitrogens with two attached hydrogens (primary N) is 1. The molecule has 3 aromatic rings. The Morgan fingerprint density at radius 2 is 1.97 bits per heavy atom. The largest absolute Gasteiger partial charge is 0.399 e. The maximum absolute atomic E-state index is 12.4. The molecule has 0 aliphatic carbocycles. The number of aromatic nitrogens is 2. The van der Waals surface area contributed by atoms with Crippen LogP contribution in [0.2, 0.25) is 0 Å². The van der Waals surface area contributed by atoms with Crippen molar-refractivity contribution in [1.82, 2.24) is 9.55 Å². The molecule has 2 aliphatic heterocycles. The van der Waals surface area contributed by atoms with Crippen LogP contribution in [0.5, 0.6) is 0 Å². The first kappa shape index (κ1) is 25.4. The number of H-pyrrole nitrogens is 1. The number of rotatable bonds is 6. The quantitative estimate of drug-likeness (QED) is 0.296. The van der Waals surface area contributed by atoms with E-state index in [1.165, 1.54) is 12.3 Å². The molecule has 4 atom stereocenters. The van der Waals surface area contributed by atoms with Crippen LogP contribution in [0.3, 0.4) is 0 Å². The molecule has 1 spiro atoms. The van der Waals surface area contributed by atoms with E-state index in [0.29, 0.717) is 5.69 Å². The Hall–Kier alpha value is -3.24. The van der Waals surface area contributed by atoms with Gasteiger partial charge in [0.2, 0.25) is 0 Å². The van der Waals surface area contributed by atoms with Crippen LogP contribution < -0.4 is 17.0 Å². The molecule has 0 unspecified atom stereocenters. The summed E-state index contributed by atoms with van der Waals surface area (Å²) >= 11 is 0. The number of nitrogens with zero attached hydrogens (tertiary/aromatic N) is 1. The molecule has 2 aromatic carbocycles. The first-order chi connectivity index (χ1) is 17.8. The lowest BCUT2D eigenvalue weighted by atomic mass is 9.76. The molecule has 0 saturated carbocycles. The molecule has 196 valence electrons. The number of nitrogens with one attached hydrogen (secondary N) is 1. The van der Waals surface area contributed by atoms with Gasteiger partial charge in [-0.15, -0.1) is 0 Å². The van der Waals surface area contributed by atoms with Crippen molar-refractivity contribution < 1.29 is 19.7 Å². The molecule has 1 saturated heterocycles. The van der Waals surface area contributed by atoms with Crippen molar-refractivity contribution in [1.29, 1.82) is 0 Å². The van der Waals surface area contributed by atoms with Crippen molar-refractivity contribution in [3.05, 3.63) is 86.2 Å². The second-order valence-electron chi connectivity index (χ2n) is 9.98. The average molecular weight is 508 g/mol. The third kappa shape index (κ3) is 4.75. The summed E-state index contributed by atoms with van der Waals surface area (Å²) in [6.07, 6.45) is 2.02. The van der Waals surface area contributed by atoms with E-state index in [-0.39, 0.29) is 19.6 Å². The minimum atomic E-state index is -1.37. The fraction of sp³-hybridized carbons (Fsp3) is 0.429. The van der Waals surface area contributed by atoms with Gasteiger partial charge in [0.25, 0.3) is 5.56 Å². The zero-order chi connectivity index (χ0) is 26.2. The van der Waals surface area contributed by atoms with Gasteiger partial charge in [0.15, 0.2) is 6.23 Å². The van der Waals surface area contributed by atoms with Crippen molar-refractivity contribution in [3.63, 3.8) is 0 Å². The monoisotopic (exact) mass is 507 g/mol.